The maximum absolute atomic E-state index is 2.65. The summed E-state index contributed by atoms with van der Waals surface area (Å²) >= 11 is 0. The summed E-state index contributed by atoms with van der Waals surface area (Å²) in [7, 11) is -1.81. The van der Waals surface area contributed by atoms with Crippen LogP contribution >= 0.6 is 0 Å². The zero-order valence-electron chi connectivity index (χ0n) is 19.6. The van der Waals surface area contributed by atoms with Crippen LogP contribution in [0.25, 0.3) is 0 Å². The molecule has 0 saturated carbocycles. The summed E-state index contributed by atoms with van der Waals surface area (Å²) in [5, 5.41) is 3.43. The molecule has 2 aromatic carbocycles. The predicted octanol–water partition coefficient (Wildman–Crippen LogP) is 7.35. The van der Waals surface area contributed by atoms with Crippen molar-refractivity contribution in [2.75, 3.05) is 0 Å². The normalized spacial score (nSPS) is 15.8. The molecule has 29 heavy (non-hydrogen) atoms. The number of hydrogen-bond donors (Lipinski definition) is 0. The lowest BCUT2D eigenvalue weighted by molar-refractivity contribution is 0.870. The molecular formula is C28H38Si. The van der Waals surface area contributed by atoms with Gasteiger partial charge in [0.05, 0.1) is 0 Å². The van der Waals surface area contributed by atoms with Gasteiger partial charge in [0.25, 0.3) is 0 Å². The van der Waals surface area contributed by atoms with Crippen molar-refractivity contribution in [1.29, 1.82) is 0 Å². The van der Waals surface area contributed by atoms with Crippen molar-refractivity contribution in [2.45, 2.75) is 79.8 Å². The zero-order chi connectivity index (χ0) is 21.2. The molecule has 0 nitrogen and oxygen atoms in total. The van der Waals surface area contributed by atoms with Crippen molar-refractivity contribution < 1.29 is 0 Å². The van der Waals surface area contributed by atoms with Gasteiger partial charge in [-0.2, -0.15) is 0 Å². The summed E-state index contributed by atoms with van der Waals surface area (Å²) in [6.07, 6.45) is 9.85. The number of benzene rings is 2. The maximum atomic E-state index is 2.65. The quantitative estimate of drug-likeness (QED) is 0.425. The first kappa shape index (κ1) is 21.8. The van der Waals surface area contributed by atoms with Gasteiger partial charge in [-0.05, 0) is 97.6 Å². The first-order valence-electron chi connectivity index (χ1n) is 11.3. The first-order valence-corrected chi connectivity index (χ1v) is 14.0. The number of allylic oxidation sites excluding steroid dienone is 4. The van der Waals surface area contributed by atoms with Crippen LogP contribution in [-0.4, -0.2) is 8.07 Å². The van der Waals surface area contributed by atoms with Crippen molar-refractivity contribution in [3.63, 3.8) is 0 Å². The summed E-state index contributed by atoms with van der Waals surface area (Å²) in [5.74, 6) is 0. The second-order valence-corrected chi connectivity index (χ2v) is 13.4. The Hall–Kier alpha value is -1.86. The van der Waals surface area contributed by atoms with Gasteiger partial charge >= 0.3 is 0 Å². The molecule has 1 aliphatic carbocycles. The molecule has 3 rings (SSSR count). The van der Waals surface area contributed by atoms with Gasteiger partial charge in [-0.1, -0.05) is 74.0 Å². The van der Waals surface area contributed by atoms with Crippen molar-refractivity contribution in [3.8, 4) is 0 Å². The molecule has 0 saturated heterocycles. The third kappa shape index (κ3) is 4.07. The molecular weight excluding hydrogens is 364 g/mol. The molecule has 1 atom stereocenters. The standard InChI is InChI=1S/C28H38Si/c1-8-9-18-29(7,28-23(5)21(3)20(2)22(4)24(28)6)27-17-13-16-26(27)19-25-14-11-10-12-15-25/h10-12,14-17H,8-9,13,18-19H2,1-7H3. The van der Waals surface area contributed by atoms with Gasteiger partial charge in [-0.15, -0.1) is 0 Å². The fraction of sp³-hybridized carbons (Fsp3) is 0.429. The second-order valence-electron chi connectivity index (χ2n) is 9.18. The topological polar surface area (TPSA) is 0 Å². The largest absolute Gasteiger partial charge is 0.115 e. The minimum Gasteiger partial charge on any atom is -0.0808 e. The summed E-state index contributed by atoms with van der Waals surface area (Å²) in [6.45, 7) is 16.7. The third-order valence-corrected chi connectivity index (χ3v) is 12.4. The minimum absolute atomic E-state index is 1.07. The van der Waals surface area contributed by atoms with Crippen LogP contribution in [0.15, 0.2) is 53.3 Å². The van der Waals surface area contributed by atoms with E-state index in [1.54, 1.807) is 27.1 Å². The maximum Gasteiger partial charge on any atom is 0.115 e. The van der Waals surface area contributed by atoms with E-state index in [1.165, 1.54) is 41.1 Å². The smallest absolute Gasteiger partial charge is 0.0808 e. The summed E-state index contributed by atoms with van der Waals surface area (Å²) < 4.78 is 0. The van der Waals surface area contributed by atoms with E-state index in [2.05, 4.69) is 90.6 Å². The second kappa shape index (κ2) is 8.88. The summed E-state index contributed by atoms with van der Waals surface area (Å²) in [4.78, 5) is 0. The molecule has 1 heteroatoms. The highest BCUT2D eigenvalue weighted by molar-refractivity contribution is 6.98. The van der Waals surface area contributed by atoms with E-state index >= 15 is 0 Å². The fourth-order valence-electron chi connectivity index (χ4n) is 5.38. The van der Waals surface area contributed by atoms with Crippen LogP contribution in [-0.2, 0) is 6.42 Å². The highest BCUT2D eigenvalue weighted by Crippen LogP contribution is 2.36. The predicted molar refractivity (Wildman–Crippen MR) is 132 cm³/mol. The highest BCUT2D eigenvalue weighted by Gasteiger charge is 2.39. The zero-order valence-corrected chi connectivity index (χ0v) is 20.6. The molecule has 0 fully saturated rings. The van der Waals surface area contributed by atoms with E-state index in [9.17, 15) is 0 Å². The van der Waals surface area contributed by atoms with E-state index in [4.69, 9.17) is 0 Å². The number of hydrogen-bond acceptors (Lipinski definition) is 0. The first-order chi connectivity index (χ1) is 13.8. The van der Waals surface area contributed by atoms with Crippen LogP contribution in [0, 0.1) is 34.6 Å². The molecule has 0 bridgehead atoms. The van der Waals surface area contributed by atoms with Gasteiger partial charge in [-0.3, -0.25) is 0 Å². The van der Waals surface area contributed by atoms with Crippen molar-refractivity contribution in [2.24, 2.45) is 0 Å². The van der Waals surface area contributed by atoms with E-state index in [0.717, 1.165) is 12.8 Å². The average molecular weight is 403 g/mol. The molecule has 0 spiro atoms. The monoisotopic (exact) mass is 402 g/mol. The Bertz CT molecular complexity index is 917. The lowest BCUT2D eigenvalue weighted by Crippen LogP contribution is -2.50. The van der Waals surface area contributed by atoms with Gasteiger partial charge in [0, 0.05) is 0 Å². The lowest BCUT2D eigenvalue weighted by atomic mass is 9.95. The van der Waals surface area contributed by atoms with Crippen molar-refractivity contribution >= 4 is 13.3 Å². The Balaban J connectivity index is 2.12. The van der Waals surface area contributed by atoms with Crippen molar-refractivity contribution in [1.82, 2.24) is 0 Å². The Morgan fingerprint density at radius 3 is 1.97 bits per heavy atom. The van der Waals surface area contributed by atoms with Gasteiger partial charge in [0.15, 0.2) is 0 Å². The highest BCUT2D eigenvalue weighted by atomic mass is 28.3. The molecule has 0 heterocycles. The van der Waals surface area contributed by atoms with Gasteiger partial charge in [-0.25, -0.2) is 0 Å². The van der Waals surface area contributed by atoms with E-state index < -0.39 is 8.07 Å². The van der Waals surface area contributed by atoms with Gasteiger partial charge < -0.3 is 0 Å². The van der Waals surface area contributed by atoms with Gasteiger partial charge in [0.1, 0.15) is 8.07 Å². The Morgan fingerprint density at radius 2 is 1.38 bits per heavy atom. The molecule has 1 unspecified atom stereocenters. The van der Waals surface area contributed by atoms with Crippen LogP contribution in [0.1, 0.15) is 59.6 Å². The van der Waals surface area contributed by atoms with E-state index in [1.807, 2.05) is 0 Å². The molecule has 0 N–H and O–H groups in total. The Labute approximate surface area is 179 Å². The van der Waals surface area contributed by atoms with E-state index in [-0.39, 0.29) is 0 Å². The molecule has 2 aromatic rings. The minimum atomic E-state index is -1.81. The van der Waals surface area contributed by atoms with Crippen LogP contribution in [0.2, 0.25) is 12.6 Å². The van der Waals surface area contributed by atoms with E-state index in [0.29, 0.717) is 0 Å². The molecule has 154 valence electrons. The number of unbranched alkanes of at least 4 members (excludes halogenated alkanes) is 1. The fourth-order valence-corrected chi connectivity index (χ4v) is 10.7. The van der Waals surface area contributed by atoms with Gasteiger partial charge in [0.2, 0.25) is 0 Å². The molecule has 0 aromatic heterocycles. The van der Waals surface area contributed by atoms with Crippen LogP contribution in [0.4, 0.5) is 0 Å². The number of rotatable bonds is 7. The SMILES string of the molecule is CCCC[Si](C)(C1=CCC=C1Cc1ccccc1)c1c(C)c(C)c(C)c(C)c1C. The summed E-state index contributed by atoms with van der Waals surface area (Å²) in [6, 6.07) is 12.4. The molecule has 0 radical (unpaired) electrons. The average Bonchev–Trinajstić information content (AvgIpc) is 3.19. The van der Waals surface area contributed by atoms with Crippen molar-refractivity contribution in [3.05, 3.63) is 86.6 Å². The van der Waals surface area contributed by atoms with Crippen LogP contribution < -0.4 is 5.19 Å². The summed E-state index contributed by atoms with van der Waals surface area (Å²) in [5.41, 5.74) is 10.6. The lowest BCUT2D eigenvalue weighted by Gasteiger charge is -2.36. The molecule has 0 aliphatic heterocycles. The van der Waals surface area contributed by atoms with Crippen LogP contribution in [0.5, 0.6) is 0 Å². The molecule has 0 amide bonds. The Kier molecular flexibility index (Phi) is 6.68. The van der Waals surface area contributed by atoms with Crippen LogP contribution in [0.3, 0.4) is 0 Å². The Morgan fingerprint density at radius 1 is 0.793 bits per heavy atom. The molecule has 1 aliphatic rings. The third-order valence-electron chi connectivity index (χ3n) is 7.45.